The van der Waals surface area contributed by atoms with Gasteiger partial charge in [-0.25, -0.2) is 38.2 Å². The SMILES string of the molecule is COC[C@H]1[C@@H](O)[C@H](n2c[n+](C)c3c(=O)[nH]c(N)nc32)O[C@@H]1CSP(=O)(O)OP(=O)(O)OP(=O)(O)OC[C@H]1O[C@@H](n2cnc3c(N)ncnc32)[C@H](OC)[C@@H]1P(=O)([O-])OC[C@H]1O[C@@H](n2cnc3c(=O)[nH]c(N)nc32)[C@H](O)[C@@H]1O. The lowest BCUT2D eigenvalue weighted by Gasteiger charge is -2.35. The minimum atomic E-state index is -6.10. The number of phosphoric acid groups is 2. The lowest BCUT2D eigenvalue weighted by Crippen LogP contribution is -2.40. The summed E-state index contributed by atoms with van der Waals surface area (Å²) in [6.45, 7) is -7.89. The van der Waals surface area contributed by atoms with Crippen LogP contribution in [0, 0.1) is 5.92 Å². The zero-order valence-electron chi connectivity index (χ0n) is 39.2. The number of aliphatic hydroxyl groups excluding tert-OH is 3. The number of methoxy groups -OCH3 is 2. The van der Waals surface area contributed by atoms with Gasteiger partial charge in [0.2, 0.25) is 24.5 Å². The summed E-state index contributed by atoms with van der Waals surface area (Å²) in [6, 6.07) is 0. The summed E-state index contributed by atoms with van der Waals surface area (Å²) in [4.78, 5) is 100. The van der Waals surface area contributed by atoms with Crippen molar-refractivity contribution in [3.8, 4) is 0 Å². The van der Waals surface area contributed by atoms with E-state index >= 15 is 0 Å². The maximum absolute atomic E-state index is 14.3. The number of ether oxygens (including phenoxy) is 5. The van der Waals surface area contributed by atoms with Gasteiger partial charge >= 0.3 is 28.0 Å². The Morgan fingerprint density at radius 3 is 2.05 bits per heavy atom. The third kappa shape index (κ3) is 10.9. The van der Waals surface area contributed by atoms with Crippen LogP contribution in [0.4, 0.5) is 17.7 Å². The molecule has 0 aliphatic carbocycles. The molecule has 3 fully saturated rings. The average Bonchev–Trinajstić information content (AvgIpc) is 4.21. The third-order valence-corrected chi connectivity index (χ3v) is 20.7. The smallest absolute Gasteiger partial charge is 0.488 e. The van der Waals surface area contributed by atoms with Crippen LogP contribution in [0.2, 0.25) is 0 Å². The number of hydrogen-bond acceptors (Lipinski definition) is 29. The molecular weight excluding hydrogens is 1130 g/mol. The summed E-state index contributed by atoms with van der Waals surface area (Å²) in [5.41, 5.74) is 13.7. The Labute approximate surface area is 427 Å². The molecule has 3 aliphatic heterocycles. The normalized spacial score (nSPS) is 30.2. The van der Waals surface area contributed by atoms with Crippen LogP contribution in [0.3, 0.4) is 0 Å². The molecule has 0 aromatic carbocycles. The Bertz CT molecular complexity index is 3490. The highest BCUT2D eigenvalue weighted by atomic mass is 32.7. The van der Waals surface area contributed by atoms with Gasteiger partial charge in [0, 0.05) is 25.9 Å². The summed E-state index contributed by atoms with van der Waals surface area (Å²) < 4.78 is 107. The molecule has 76 heavy (non-hydrogen) atoms. The van der Waals surface area contributed by atoms with E-state index in [1.165, 1.54) is 34.2 Å². The van der Waals surface area contributed by atoms with Crippen molar-refractivity contribution < 1.29 is 99.1 Å². The first kappa shape index (κ1) is 56.0. The monoisotopic (exact) mass is 1170 g/mol. The summed E-state index contributed by atoms with van der Waals surface area (Å²) in [6.07, 6.45) is -11.1. The maximum Gasteiger partial charge on any atom is 0.488 e. The molecular formula is C34H47N15O22P4S. The van der Waals surface area contributed by atoms with Crippen molar-refractivity contribution in [2.45, 2.75) is 67.1 Å². The molecule has 0 saturated carbocycles. The van der Waals surface area contributed by atoms with Crippen molar-refractivity contribution in [3.05, 3.63) is 46.0 Å². The highest BCUT2D eigenvalue weighted by Crippen LogP contribution is 2.72. The molecule has 14 N–H and O–H groups in total. The van der Waals surface area contributed by atoms with Gasteiger partial charge in [0.15, 0.2) is 35.1 Å². The second-order valence-corrected chi connectivity index (χ2v) is 26.1. The number of nitrogens with one attached hydrogen (secondary N) is 2. The summed E-state index contributed by atoms with van der Waals surface area (Å²) in [5.74, 6) is -2.16. The van der Waals surface area contributed by atoms with Crippen LogP contribution >= 0.6 is 41.4 Å². The average molecular weight is 1170 g/mol. The number of rotatable bonds is 20. The number of phosphoric ester groups is 1. The molecule has 0 amide bonds. The van der Waals surface area contributed by atoms with E-state index in [9.17, 15) is 62.7 Å². The fourth-order valence-electron chi connectivity index (χ4n) is 8.96. The Morgan fingerprint density at radius 1 is 0.737 bits per heavy atom. The van der Waals surface area contributed by atoms with E-state index in [-0.39, 0.29) is 69.2 Å². The number of hydrogen-bond donors (Lipinski definition) is 11. The van der Waals surface area contributed by atoms with E-state index in [2.05, 4.69) is 48.5 Å². The fraction of sp³-hybridized carbons (Fsp3) is 0.559. The number of anilines is 3. The van der Waals surface area contributed by atoms with Gasteiger partial charge in [-0.2, -0.15) is 23.2 Å². The minimum Gasteiger partial charge on any atom is -0.778 e. The lowest BCUT2D eigenvalue weighted by molar-refractivity contribution is -0.646. The number of fused-ring (bicyclic) bond motifs is 3. The number of aromatic nitrogens is 12. The highest BCUT2D eigenvalue weighted by molar-refractivity contribution is 8.55. The highest BCUT2D eigenvalue weighted by Gasteiger charge is 2.55. The number of nitrogens with two attached hydrogens (primary N) is 3. The molecule has 9 heterocycles. The number of aryl methyl sites for hydroxylation is 1. The third-order valence-electron chi connectivity index (χ3n) is 12.3. The molecule has 3 aliphatic rings. The van der Waals surface area contributed by atoms with Crippen LogP contribution < -0.4 is 37.8 Å². The number of H-pyrrole nitrogens is 2. The Morgan fingerprint density at radius 2 is 1.36 bits per heavy atom. The van der Waals surface area contributed by atoms with E-state index in [4.69, 9.17) is 49.9 Å². The molecule has 0 bridgehead atoms. The van der Waals surface area contributed by atoms with Gasteiger partial charge in [0.05, 0.1) is 57.4 Å². The zero-order chi connectivity index (χ0) is 55.0. The molecule has 3 saturated heterocycles. The molecule has 16 atom stereocenters. The van der Waals surface area contributed by atoms with E-state index in [0.29, 0.717) is 0 Å². The summed E-state index contributed by atoms with van der Waals surface area (Å²) in [7, 11) is -13.7. The van der Waals surface area contributed by atoms with Crippen LogP contribution in [-0.4, -0.2) is 172 Å². The summed E-state index contributed by atoms with van der Waals surface area (Å²) >= 11 is -0.00657. The number of nitrogen functional groups attached to an aromatic ring is 3. The first-order valence-electron chi connectivity index (χ1n) is 21.8. The molecule has 4 unspecified atom stereocenters. The molecule has 6 aromatic rings. The lowest BCUT2D eigenvalue weighted by atomic mass is 10.00. The number of nitrogens with zero attached hydrogens (tertiary/aromatic N) is 10. The van der Waals surface area contributed by atoms with Gasteiger partial charge in [-0.3, -0.25) is 33.2 Å². The second-order valence-electron chi connectivity index (χ2n) is 17.1. The van der Waals surface area contributed by atoms with Gasteiger partial charge in [0.25, 0.3) is 16.7 Å². The maximum atomic E-state index is 14.3. The predicted molar refractivity (Wildman–Crippen MR) is 252 cm³/mol. The van der Waals surface area contributed by atoms with Crippen LogP contribution in [0.5, 0.6) is 0 Å². The van der Waals surface area contributed by atoms with Gasteiger partial charge in [-0.1, -0.05) is 0 Å². The number of aliphatic hydroxyl groups is 3. The second kappa shape index (κ2) is 21.2. The minimum absolute atomic E-state index is 0.00657. The van der Waals surface area contributed by atoms with Crippen molar-refractivity contribution in [1.29, 1.82) is 0 Å². The van der Waals surface area contributed by atoms with Gasteiger partial charge in [-0.05, 0) is 11.4 Å². The van der Waals surface area contributed by atoms with E-state index in [1.54, 1.807) is 0 Å². The number of aromatic amines is 2. The molecule has 6 aromatic heterocycles. The molecule has 0 spiro atoms. The van der Waals surface area contributed by atoms with E-state index in [0.717, 1.165) is 30.7 Å². The van der Waals surface area contributed by atoms with Crippen LogP contribution in [0.15, 0.2) is 34.9 Å². The predicted octanol–water partition coefficient (Wildman–Crippen LogP) is -3.66. The van der Waals surface area contributed by atoms with Crippen LogP contribution in [-0.2, 0) is 66.7 Å². The zero-order valence-corrected chi connectivity index (χ0v) is 43.6. The van der Waals surface area contributed by atoms with Crippen molar-refractivity contribution >= 4 is 92.6 Å². The molecule has 9 rings (SSSR count). The van der Waals surface area contributed by atoms with Crippen molar-refractivity contribution in [1.82, 2.24) is 53.6 Å². The topological polar surface area (TPSA) is 536 Å². The Balaban J connectivity index is 0.888. The Kier molecular flexibility index (Phi) is 15.6. The largest absolute Gasteiger partial charge is 0.778 e. The van der Waals surface area contributed by atoms with Gasteiger partial charge in [0.1, 0.15) is 50.0 Å². The van der Waals surface area contributed by atoms with Gasteiger partial charge < -0.3 is 84.9 Å². The van der Waals surface area contributed by atoms with E-state index < -0.39 is 133 Å². The molecule has 37 nitrogen and oxygen atoms in total. The van der Waals surface area contributed by atoms with E-state index in [1.807, 2.05) is 0 Å². The standard InChI is InChI=1S/C34H47N15O22P4S/c1-46-11-49(27-18(46)29(54)45-34(37)43-27)30-19(50)12(4-63-2)15(69-30)7-76-75(61,62)71-74(59,60)70-73(57,58)66-6-14-23(22(64-3)32(68-14)47-9-40-16-24(35)38-8-39-25(16)47)72(55,56)65-5-13-20(51)21(52)31(67-13)48-10-41-17-26(48)42-33(36)44-28(17)53/h8-15,19-23,30-32,50-52H,4-7H2,1-3H3,(H11-,35,36,37,38,39,42,43,44,45,53,54,55,56,57,58,59,60,61,62)/t12-,13-,14-,15-,19-,20-,21-,22-,23-,30-,31-,32-/m1/s1. The first-order valence-corrected chi connectivity index (χ1v) is 29.6. The van der Waals surface area contributed by atoms with Crippen LogP contribution in [0.1, 0.15) is 18.7 Å². The fourth-order valence-corrected chi connectivity index (χ4v) is 16.7. The quantitative estimate of drug-likeness (QED) is 0.0259. The Hall–Kier alpha value is -4.72. The van der Waals surface area contributed by atoms with Crippen molar-refractivity contribution in [3.63, 3.8) is 0 Å². The molecule has 0 radical (unpaired) electrons. The van der Waals surface area contributed by atoms with Crippen LogP contribution in [0.25, 0.3) is 33.5 Å². The van der Waals surface area contributed by atoms with Crippen molar-refractivity contribution in [2.75, 3.05) is 57.0 Å². The number of imidazole rings is 3. The molecule has 42 heteroatoms. The first-order chi connectivity index (χ1) is 35.7. The molecule has 416 valence electrons. The van der Waals surface area contributed by atoms with Crippen molar-refractivity contribution in [2.24, 2.45) is 13.0 Å². The van der Waals surface area contributed by atoms with Gasteiger partial charge in [-0.15, -0.1) is 0 Å². The summed E-state index contributed by atoms with van der Waals surface area (Å²) in [5, 5.41) is 33.3.